The fourth-order valence-corrected chi connectivity index (χ4v) is 1.52. The molecule has 0 heterocycles. The van der Waals surface area contributed by atoms with E-state index in [-0.39, 0.29) is 28.7 Å². The molecule has 2 N–H and O–H groups in total. The van der Waals surface area contributed by atoms with Crippen molar-refractivity contribution >= 4 is 33.7 Å². The summed E-state index contributed by atoms with van der Waals surface area (Å²) in [5, 5.41) is 17.8. The molecule has 0 atom stereocenters. The molecule has 0 aliphatic heterocycles. The zero-order chi connectivity index (χ0) is 13.0. The lowest BCUT2D eigenvalue weighted by Crippen LogP contribution is -2.11. The number of halogens is 1. The molecule has 0 fully saturated rings. The van der Waals surface area contributed by atoms with Crippen molar-refractivity contribution in [2.24, 2.45) is 0 Å². The first-order valence-electron chi connectivity index (χ1n) is 4.63. The number of carboxylic acid groups (broad SMARTS) is 2. The zero-order valence-corrected chi connectivity index (χ0v) is 10.2. The van der Waals surface area contributed by atoms with Crippen molar-refractivity contribution in [1.82, 2.24) is 0 Å². The number of carbonyl (C=O) groups excluding carboxylic acids is 1. The van der Waals surface area contributed by atoms with E-state index in [4.69, 9.17) is 10.2 Å². The largest absolute Gasteiger partial charge is 0.478 e. The number of hydrogen-bond donors (Lipinski definition) is 2. The van der Waals surface area contributed by atoms with E-state index in [1.165, 1.54) is 12.1 Å². The molecule has 90 valence electrons. The van der Waals surface area contributed by atoms with Crippen LogP contribution in [0.3, 0.4) is 0 Å². The third-order valence-corrected chi connectivity index (χ3v) is 2.75. The van der Waals surface area contributed by atoms with E-state index in [0.29, 0.717) is 5.56 Å². The van der Waals surface area contributed by atoms with Crippen molar-refractivity contribution in [2.75, 3.05) is 5.33 Å². The molecule has 1 aromatic carbocycles. The molecule has 0 saturated heterocycles. The number of carboxylic acids is 2. The molecule has 0 saturated carbocycles. The summed E-state index contributed by atoms with van der Waals surface area (Å²) in [4.78, 5) is 32.9. The van der Waals surface area contributed by atoms with Gasteiger partial charge in [-0.3, -0.25) is 4.79 Å². The number of carbonyl (C=O) groups is 3. The second kappa shape index (κ2) is 5.58. The number of alkyl halides is 1. The number of aromatic carboxylic acids is 2. The summed E-state index contributed by atoms with van der Waals surface area (Å²) in [7, 11) is 0. The number of rotatable bonds is 5. The predicted molar refractivity (Wildman–Crippen MR) is 62.9 cm³/mol. The first-order chi connectivity index (χ1) is 7.95. The van der Waals surface area contributed by atoms with Gasteiger partial charge in [-0.05, 0) is 17.7 Å². The maximum absolute atomic E-state index is 11.2. The molecule has 0 amide bonds. The maximum atomic E-state index is 11.2. The maximum Gasteiger partial charge on any atom is 0.336 e. The van der Waals surface area contributed by atoms with Crippen LogP contribution in [-0.4, -0.2) is 33.3 Å². The standard InChI is InChI=1S/C11H9BrO5/c12-5-8(13)3-6-1-2-7(10(14)15)4-9(6)11(16)17/h1-2,4H,3,5H2,(H,14,15)(H,16,17). The van der Waals surface area contributed by atoms with E-state index in [0.717, 1.165) is 6.07 Å². The van der Waals surface area contributed by atoms with Crippen molar-refractivity contribution in [3.05, 3.63) is 34.9 Å². The van der Waals surface area contributed by atoms with Crippen LogP contribution >= 0.6 is 15.9 Å². The third kappa shape index (κ3) is 3.39. The molecule has 0 aliphatic carbocycles. The van der Waals surface area contributed by atoms with Gasteiger partial charge in [0.1, 0.15) is 5.78 Å². The van der Waals surface area contributed by atoms with Crippen LogP contribution in [0.15, 0.2) is 18.2 Å². The van der Waals surface area contributed by atoms with E-state index in [1.54, 1.807) is 0 Å². The molecule has 1 rings (SSSR count). The summed E-state index contributed by atoms with van der Waals surface area (Å²) in [5.41, 5.74) is 0.0450. The smallest absolute Gasteiger partial charge is 0.336 e. The van der Waals surface area contributed by atoms with Crippen molar-refractivity contribution in [3.63, 3.8) is 0 Å². The Morgan fingerprint density at radius 2 is 1.76 bits per heavy atom. The molecule has 0 aromatic heterocycles. The van der Waals surface area contributed by atoms with Crippen LogP contribution in [0.4, 0.5) is 0 Å². The van der Waals surface area contributed by atoms with Crippen molar-refractivity contribution < 1.29 is 24.6 Å². The molecule has 1 aromatic rings. The van der Waals surface area contributed by atoms with Gasteiger partial charge in [-0.25, -0.2) is 9.59 Å². The van der Waals surface area contributed by atoms with E-state index in [1.807, 2.05) is 0 Å². The Morgan fingerprint density at radius 1 is 1.12 bits per heavy atom. The van der Waals surface area contributed by atoms with E-state index >= 15 is 0 Å². The highest BCUT2D eigenvalue weighted by atomic mass is 79.9. The average Bonchev–Trinajstić information content (AvgIpc) is 2.28. The van der Waals surface area contributed by atoms with Gasteiger partial charge in [0.2, 0.25) is 0 Å². The van der Waals surface area contributed by atoms with Crippen LogP contribution in [0.2, 0.25) is 0 Å². The Morgan fingerprint density at radius 3 is 2.24 bits per heavy atom. The number of benzene rings is 1. The SMILES string of the molecule is O=C(CBr)Cc1ccc(C(=O)O)cc1C(=O)O. The van der Waals surface area contributed by atoms with Crippen LogP contribution in [-0.2, 0) is 11.2 Å². The number of ketones is 1. The highest BCUT2D eigenvalue weighted by molar-refractivity contribution is 9.09. The summed E-state index contributed by atoms with van der Waals surface area (Å²) in [5.74, 6) is -2.62. The number of Topliss-reactive ketones (excluding diaryl/α,β-unsaturated/α-hetero) is 1. The average molecular weight is 301 g/mol. The molecule has 5 nitrogen and oxygen atoms in total. The van der Waals surface area contributed by atoms with Crippen molar-refractivity contribution in [1.29, 1.82) is 0 Å². The van der Waals surface area contributed by atoms with Gasteiger partial charge in [0.05, 0.1) is 16.5 Å². The van der Waals surface area contributed by atoms with Gasteiger partial charge in [-0.15, -0.1) is 0 Å². The van der Waals surface area contributed by atoms with Crippen molar-refractivity contribution in [2.45, 2.75) is 6.42 Å². The zero-order valence-electron chi connectivity index (χ0n) is 8.64. The van der Waals surface area contributed by atoms with Gasteiger partial charge in [0.15, 0.2) is 0 Å². The molecule has 0 bridgehead atoms. The molecule has 6 heteroatoms. The normalized spacial score (nSPS) is 9.94. The Balaban J connectivity index is 3.17. The fourth-order valence-electron chi connectivity index (χ4n) is 1.32. The lowest BCUT2D eigenvalue weighted by atomic mass is 10.00. The minimum Gasteiger partial charge on any atom is -0.478 e. The summed E-state index contributed by atoms with van der Waals surface area (Å²) in [6.45, 7) is 0. The molecule has 0 aliphatic rings. The Kier molecular flexibility index (Phi) is 4.39. The molecule has 17 heavy (non-hydrogen) atoms. The monoisotopic (exact) mass is 300 g/mol. The Bertz CT molecular complexity index is 481. The lowest BCUT2D eigenvalue weighted by molar-refractivity contribution is -0.115. The van der Waals surface area contributed by atoms with Gasteiger partial charge < -0.3 is 10.2 Å². The van der Waals surface area contributed by atoms with Crippen molar-refractivity contribution in [3.8, 4) is 0 Å². The summed E-state index contributed by atoms with van der Waals surface area (Å²) >= 11 is 2.98. The van der Waals surface area contributed by atoms with Gasteiger partial charge in [-0.2, -0.15) is 0 Å². The number of hydrogen-bond acceptors (Lipinski definition) is 3. The molecular weight excluding hydrogens is 292 g/mol. The molecule has 0 spiro atoms. The summed E-state index contributed by atoms with van der Waals surface area (Å²) in [6.07, 6.45) is -0.0349. The van der Waals surface area contributed by atoms with Gasteiger partial charge in [0.25, 0.3) is 0 Å². The highest BCUT2D eigenvalue weighted by Crippen LogP contribution is 2.14. The lowest BCUT2D eigenvalue weighted by Gasteiger charge is -2.05. The second-order valence-electron chi connectivity index (χ2n) is 3.33. The van der Waals surface area contributed by atoms with Gasteiger partial charge in [0, 0.05) is 6.42 Å². The fraction of sp³-hybridized carbons (Fsp3) is 0.182. The third-order valence-electron chi connectivity index (χ3n) is 2.12. The minimum absolute atomic E-state index is 0.0349. The van der Waals surface area contributed by atoms with Crippen LogP contribution in [0.5, 0.6) is 0 Å². The van der Waals surface area contributed by atoms with Crippen LogP contribution in [0.25, 0.3) is 0 Å². The first-order valence-corrected chi connectivity index (χ1v) is 5.75. The highest BCUT2D eigenvalue weighted by Gasteiger charge is 2.15. The Labute approximate surface area is 105 Å². The van der Waals surface area contributed by atoms with Crippen LogP contribution in [0, 0.1) is 0 Å². The molecule has 0 unspecified atom stereocenters. The van der Waals surface area contributed by atoms with Gasteiger partial charge in [-0.1, -0.05) is 22.0 Å². The van der Waals surface area contributed by atoms with Crippen LogP contribution in [0.1, 0.15) is 26.3 Å². The van der Waals surface area contributed by atoms with E-state index < -0.39 is 11.9 Å². The van der Waals surface area contributed by atoms with E-state index in [2.05, 4.69) is 15.9 Å². The minimum atomic E-state index is -1.24. The second-order valence-corrected chi connectivity index (χ2v) is 3.89. The topological polar surface area (TPSA) is 91.7 Å². The predicted octanol–water partition coefficient (Wildman–Crippen LogP) is 1.59. The van der Waals surface area contributed by atoms with Gasteiger partial charge >= 0.3 is 11.9 Å². The van der Waals surface area contributed by atoms with Crippen LogP contribution < -0.4 is 0 Å². The summed E-state index contributed by atoms with van der Waals surface area (Å²) in [6, 6.07) is 3.70. The molecule has 0 radical (unpaired) electrons. The first kappa shape index (κ1) is 13.4. The Hall–Kier alpha value is -1.69. The summed E-state index contributed by atoms with van der Waals surface area (Å²) < 4.78 is 0. The quantitative estimate of drug-likeness (QED) is 0.806. The van der Waals surface area contributed by atoms with E-state index in [9.17, 15) is 14.4 Å². The molecular formula is C11H9BrO5.